The monoisotopic (exact) mass is 217 g/mol. The number of halogens is 1. The van der Waals surface area contributed by atoms with Crippen molar-refractivity contribution in [2.45, 2.75) is 12.5 Å². The van der Waals surface area contributed by atoms with Crippen LogP contribution in [-0.2, 0) is 4.74 Å². The summed E-state index contributed by atoms with van der Waals surface area (Å²) in [7, 11) is 0. The summed E-state index contributed by atoms with van der Waals surface area (Å²) in [6.07, 6.45) is 1.29. The van der Waals surface area contributed by atoms with Crippen molar-refractivity contribution >= 4 is 22.9 Å². The molecule has 1 aliphatic rings. The van der Waals surface area contributed by atoms with Crippen LogP contribution in [0.2, 0.25) is 4.34 Å². The van der Waals surface area contributed by atoms with E-state index in [4.69, 9.17) is 16.3 Å². The molecule has 1 saturated heterocycles. The first-order valence-electron chi connectivity index (χ1n) is 4.44. The average molecular weight is 218 g/mol. The summed E-state index contributed by atoms with van der Waals surface area (Å²) in [6, 6.07) is 3.97. The summed E-state index contributed by atoms with van der Waals surface area (Å²) < 4.78 is 6.53. The molecule has 13 heavy (non-hydrogen) atoms. The molecule has 0 bridgehead atoms. The maximum Gasteiger partial charge on any atom is 0.104 e. The van der Waals surface area contributed by atoms with Crippen molar-refractivity contribution in [2.75, 3.05) is 19.7 Å². The highest BCUT2D eigenvalue weighted by molar-refractivity contribution is 7.16. The van der Waals surface area contributed by atoms with Gasteiger partial charge in [0.05, 0.1) is 4.34 Å². The van der Waals surface area contributed by atoms with Gasteiger partial charge in [0.15, 0.2) is 0 Å². The first-order valence-corrected chi connectivity index (χ1v) is 5.63. The molecule has 0 aromatic carbocycles. The summed E-state index contributed by atoms with van der Waals surface area (Å²) in [5, 5.41) is 3.34. The molecule has 2 nitrogen and oxygen atoms in total. The topological polar surface area (TPSA) is 21.3 Å². The minimum atomic E-state index is 0.194. The van der Waals surface area contributed by atoms with Gasteiger partial charge in [-0.2, -0.15) is 0 Å². The highest BCUT2D eigenvalue weighted by atomic mass is 35.5. The molecule has 1 aromatic heterocycles. The highest BCUT2D eigenvalue weighted by Gasteiger charge is 2.15. The van der Waals surface area contributed by atoms with Crippen molar-refractivity contribution in [3.05, 3.63) is 21.3 Å². The van der Waals surface area contributed by atoms with E-state index in [-0.39, 0.29) is 6.10 Å². The minimum absolute atomic E-state index is 0.194. The Hall–Kier alpha value is -0.0900. The third-order valence-electron chi connectivity index (χ3n) is 2.06. The number of hydrogen-bond acceptors (Lipinski definition) is 3. The predicted molar refractivity (Wildman–Crippen MR) is 55.5 cm³/mol. The van der Waals surface area contributed by atoms with Gasteiger partial charge in [-0.25, -0.2) is 0 Å². The fourth-order valence-corrected chi connectivity index (χ4v) is 2.51. The molecule has 4 heteroatoms. The zero-order chi connectivity index (χ0) is 9.10. The zero-order valence-electron chi connectivity index (χ0n) is 7.25. The Kier molecular flexibility index (Phi) is 3.22. The summed E-state index contributed by atoms with van der Waals surface area (Å²) >= 11 is 7.47. The molecule has 0 spiro atoms. The van der Waals surface area contributed by atoms with E-state index in [1.165, 1.54) is 4.88 Å². The van der Waals surface area contributed by atoms with Gasteiger partial charge >= 0.3 is 0 Å². The normalized spacial score (nSPS) is 24.2. The van der Waals surface area contributed by atoms with E-state index in [9.17, 15) is 0 Å². The van der Waals surface area contributed by atoms with E-state index in [0.29, 0.717) is 0 Å². The molecule has 2 rings (SSSR count). The van der Waals surface area contributed by atoms with Gasteiger partial charge in [0.25, 0.3) is 0 Å². The van der Waals surface area contributed by atoms with Crippen LogP contribution < -0.4 is 5.32 Å². The second-order valence-electron chi connectivity index (χ2n) is 3.06. The molecule has 0 radical (unpaired) electrons. The van der Waals surface area contributed by atoms with Gasteiger partial charge < -0.3 is 10.1 Å². The number of rotatable bonds is 1. The lowest BCUT2D eigenvalue weighted by Gasteiger charge is -2.12. The van der Waals surface area contributed by atoms with E-state index in [1.807, 2.05) is 12.1 Å². The van der Waals surface area contributed by atoms with Crippen molar-refractivity contribution in [2.24, 2.45) is 0 Å². The van der Waals surface area contributed by atoms with Gasteiger partial charge in [-0.15, -0.1) is 11.3 Å². The molecule has 1 unspecified atom stereocenters. The van der Waals surface area contributed by atoms with Crippen molar-refractivity contribution in [3.63, 3.8) is 0 Å². The average Bonchev–Trinajstić information content (AvgIpc) is 2.43. The summed E-state index contributed by atoms with van der Waals surface area (Å²) in [4.78, 5) is 1.22. The second kappa shape index (κ2) is 4.42. The standard InChI is InChI=1S/C9H12ClNOS/c10-9-3-2-8(13-9)7-6-11-4-1-5-12-7/h2-3,7,11H,1,4-6H2. The Balaban J connectivity index is 2.06. The van der Waals surface area contributed by atoms with Gasteiger partial charge in [0, 0.05) is 18.0 Å². The molecule has 0 saturated carbocycles. The molecular formula is C9H12ClNOS. The summed E-state index contributed by atoms with van der Waals surface area (Å²) in [6.45, 7) is 2.79. The van der Waals surface area contributed by atoms with Crippen molar-refractivity contribution < 1.29 is 4.74 Å². The lowest BCUT2D eigenvalue weighted by molar-refractivity contribution is 0.0694. The number of nitrogens with one attached hydrogen (secondary N) is 1. The molecule has 1 aliphatic heterocycles. The number of hydrogen-bond donors (Lipinski definition) is 1. The quantitative estimate of drug-likeness (QED) is 0.781. The Bertz CT molecular complexity index is 268. The molecule has 1 atom stereocenters. The predicted octanol–water partition coefficient (Wildman–Crippen LogP) is 2.45. The minimum Gasteiger partial charge on any atom is -0.371 e. The Morgan fingerprint density at radius 2 is 2.46 bits per heavy atom. The fraction of sp³-hybridized carbons (Fsp3) is 0.556. The van der Waals surface area contributed by atoms with Crippen LogP contribution in [0.1, 0.15) is 17.4 Å². The Labute approximate surface area is 86.9 Å². The van der Waals surface area contributed by atoms with Crippen molar-refractivity contribution in [3.8, 4) is 0 Å². The smallest absolute Gasteiger partial charge is 0.104 e. The van der Waals surface area contributed by atoms with Gasteiger partial charge in [0.2, 0.25) is 0 Å². The molecule has 0 aliphatic carbocycles. The third-order valence-corrected chi connectivity index (χ3v) is 3.38. The maximum absolute atomic E-state index is 5.86. The van der Waals surface area contributed by atoms with Crippen LogP contribution in [0.15, 0.2) is 12.1 Å². The zero-order valence-corrected chi connectivity index (χ0v) is 8.83. The molecule has 1 N–H and O–H groups in total. The van der Waals surface area contributed by atoms with E-state index in [1.54, 1.807) is 11.3 Å². The molecule has 0 amide bonds. The summed E-state index contributed by atoms with van der Waals surface area (Å²) in [5.74, 6) is 0. The lowest BCUT2D eigenvalue weighted by atomic mass is 10.3. The first-order chi connectivity index (χ1) is 6.36. The maximum atomic E-state index is 5.86. The van der Waals surface area contributed by atoms with Crippen LogP contribution in [0.25, 0.3) is 0 Å². The lowest BCUT2D eigenvalue weighted by Crippen LogP contribution is -2.19. The highest BCUT2D eigenvalue weighted by Crippen LogP contribution is 2.29. The van der Waals surface area contributed by atoms with E-state index in [2.05, 4.69) is 5.32 Å². The Morgan fingerprint density at radius 3 is 3.23 bits per heavy atom. The van der Waals surface area contributed by atoms with E-state index < -0.39 is 0 Å². The third kappa shape index (κ3) is 2.44. The van der Waals surface area contributed by atoms with Crippen LogP contribution >= 0.6 is 22.9 Å². The van der Waals surface area contributed by atoms with Crippen LogP contribution in [0.4, 0.5) is 0 Å². The van der Waals surface area contributed by atoms with Gasteiger partial charge in [0.1, 0.15) is 6.10 Å². The Morgan fingerprint density at radius 1 is 1.54 bits per heavy atom. The van der Waals surface area contributed by atoms with Crippen LogP contribution in [-0.4, -0.2) is 19.7 Å². The fourth-order valence-electron chi connectivity index (χ4n) is 1.40. The van der Waals surface area contributed by atoms with Crippen molar-refractivity contribution in [1.82, 2.24) is 5.32 Å². The van der Waals surface area contributed by atoms with E-state index >= 15 is 0 Å². The van der Waals surface area contributed by atoms with Crippen LogP contribution in [0.5, 0.6) is 0 Å². The summed E-state index contributed by atoms with van der Waals surface area (Å²) in [5.41, 5.74) is 0. The van der Waals surface area contributed by atoms with Crippen LogP contribution in [0.3, 0.4) is 0 Å². The van der Waals surface area contributed by atoms with Gasteiger partial charge in [-0.05, 0) is 25.1 Å². The first kappa shape index (κ1) is 9.46. The largest absolute Gasteiger partial charge is 0.371 e. The van der Waals surface area contributed by atoms with Gasteiger partial charge in [-0.1, -0.05) is 11.6 Å². The van der Waals surface area contributed by atoms with Gasteiger partial charge in [-0.3, -0.25) is 0 Å². The number of thiophene rings is 1. The van der Waals surface area contributed by atoms with Crippen LogP contribution in [0, 0.1) is 0 Å². The molecule has 2 heterocycles. The number of ether oxygens (including phenoxy) is 1. The van der Waals surface area contributed by atoms with E-state index in [0.717, 1.165) is 30.5 Å². The molecule has 1 fully saturated rings. The second-order valence-corrected chi connectivity index (χ2v) is 4.81. The molecule has 72 valence electrons. The van der Waals surface area contributed by atoms with Crippen molar-refractivity contribution in [1.29, 1.82) is 0 Å². The SMILES string of the molecule is Clc1ccc(C2CNCCCO2)s1. The molecule has 1 aromatic rings. The molecular weight excluding hydrogens is 206 g/mol.